The second-order valence-electron chi connectivity index (χ2n) is 10.5. The van der Waals surface area contributed by atoms with Crippen molar-refractivity contribution in [1.29, 1.82) is 0 Å². The van der Waals surface area contributed by atoms with Crippen LogP contribution in [0.4, 0.5) is 8.78 Å². The number of hydrogen-bond acceptors (Lipinski definition) is 6. The fraction of sp³-hybridized carbons (Fsp3) is 0.444. The molecule has 1 aromatic carbocycles. The van der Waals surface area contributed by atoms with Crippen molar-refractivity contribution in [3.8, 4) is 11.3 Å². The molecule has 0 N–H and O–H groups in total. The van der Waals surface area contributed by atoms with E-state index in [1.54, 1.807) is 17.0 Å². The van der Waals surface area contributed by atoms with Crippen LogP contribution in [-0.2, 0) is 19.7 Å². The van der Waals surface area contributed by atoms with Crippen molar-refractivity contribution in [2.45, 2.75) is 50.5 Å². The van der Waals surface area contributed by atoms with Crippen LogP contribution in [0.1, 0.15) is 50.3 Å². The van der Waals surface area contributed by atoms with E-state index in [1.807, 2.05) is 0 Å². The van der Waals surface area contributed by atoms with Crippen LogP contribution in [-0.4, -0.2) is 58.8 Å². The first-order valence-electron chi connectivity index (χ1n) is 12.2. The fourth-order valence-electron chi connectivity index (χ4n) is 6.83. The van der Waals surface area contributed by atoms with Crippen LogP contribution in [0.3, 0.4) is 0 Å². The van der Waals surface area contributed by atoms with Crippen molar-refractivity contribution in [3.63, 3.8) is 0 Å². The zero-order valence-corrected chi connectivity index (χ0v) is 20.1. The van der Waals surface area contributed by atoms with Gasteiger partial charge in [-0.25, -0.2) is 13.8 Å². The second-order valence-corrected chi connectivity index (χ2v) is 10.5. The highest BCUT2D eigenvalue weighted by Crippen LogP contribution is 2.69. The van der Waals surface area contributed by atoms with E-state index in [4.69, 9.17) is 4.74 Å². The van der Waals surface area contributed by atoms with Crippen LogP contribution >= 0.6 is 0 Å². The number of aliphatic imine (C=N–C) groups is 1. The quantitative estimate of drug-likeness (QED) is 0.652. The Kier molecular flexibility index (Phi) is 5.19. The van der Waals surface area contributed by atoms with E-state index >= 15 is 0 Å². The Hall–Kier alpha value is -3.33. The van der Waals surface area contributed by atoms with E-state index in [-0.39, 0.29) is 52.5 Å². The number of carbonyl (C=O) groups is 2. The number of fused-ring (bicyclic) bond motifs is 5. The molecule has 1 aromatic heterocycles. The van der Waals surface area contributed by atoms with Gasteiger partial charge in [0, 0.05) is 24.9 Å². The summed E-state index contributed by atoms with van der Waals surface area (Å²) in [6, 6.07) is 5.54. The highest BCUT2D eigenvalue weighted by atomic mass is 19.1. The fourth-order valence-corrected chi connectivity index (χ4v) is 6.83. The number of benzene rings is 1. The van der Waals surface area contributed by atoms with Gasteiger partial charge in [0.05, 0.1) is 35.9 Å². The van der Waals surface area contributed by atoms with E-state index in [0.29, 0.717) is 19.7 Å². The molecule has 3 atom stereocenters. The molecule has 0 spiro atoms. The first-order chi connectivity index (χ1) is 17.2. The van der Waals surface area contributed by atoms with Crippen LogP contribution in [0.2, 0.25) is 0 Å². The lowest BCUT2D eigenvalue weighted by atomic mass is 9.64. The van der Waals surface area contributed by atoms with Crippen molar-refractivity contribution in [1.82, 2.24) is 15.1 Å². The zero-order valence-electron chi connectivity index (χ0n) is 20.1. The molecule has 1 saturated carbocycles. The number of nitrogens with zero attached hydrogens (tertiary/aromatic N) is 4. The summed E-state index contributed by atoms with van der Waals surface area (Å²) in [4.78, 5) is 30.4. The number of ketones is 1. The predicted molar refractivity (Wildman–Crippen MR) is 127 cm³/mol. The van der Waals surface area contributed by atoms with E-state index < -0.39 is 17.0 Å². The van der Waals surface area contributed by atoms with Crippen LogP contribution in [0.15, 0.2) is 41.0 Å². The number of Topliss-reactive ketones (excluding diaryl/α,β-unsaturated/α-hetero) is 1. The Morgan fingerprint density at radius 1 is 1.19 bits per heavy atom. The molecule has 2 fully saturated rings. The Morgan fingerprint density at radius 2 is 1.97 bits per heavy atom. The highest BCUT2D eigenvalue weighted by molar-refractivity contribution is 6.29. The summed E-state index contributed by atoms with van der Waals surface area (Å²) in [5.74, 6) is -1.56. The van der Waals surface area contributed by atoms with Crippen LogP contribution in [0.25, 0.3) is 11.3 Å². The number of carbonyl (C=O) groups excluding carboxylic acids is 2. The molecule has 36 heavy (non-hydrogen) atoms. The minimum atomic E-state index is -0.674. The molecule has 2 aliphatic heterocycles. The highest BCUT2D eigenvalue weighted by Gasteiger charge is 2.67. The van der Waals surface area contributed by atoms with E-state index in [0.717, 1.165) is 24.1 Å². The molecule has 3 heterocycles. The molecule has 0 unspecified atom stereocenters. The Morgan fingerprint density at radius 3 is 2.69 bits per heavy atom. The molecule has 186 valence electrons. The summed E-state index contributed by atoms with van der Waals surface area (Å²) in [7, 11) is 0. The summed E-state index contributed by atoms with van der Waals surface area (Å²) in [6.45, 7) is 5.52. The maximum absolute atomic E-state index is 14.5. The third kappa shape index (κ3) is 3.14. The number of amides is 1. The normalized spacial score (nSPS) is 28.3. The van der Waals surface area contributed by atoms with Crippen molar-refractivity contribution in [3.05, 3.63) is 58.9 Å². The minimum Gasteiger partial charge on any atom is -0.374 e. The van der Waals surface area contributed by atoms with Gasteiger partial charge in [-0.05, 0) is 54.0 Å². The van der Waals surface area contributed by atoms with Crippen LogP contribution in [0, 0.1) is 17.0 Å². The summed E-state index contributed by atoms with van der Waals surface area (Å²) in [5.41, 5.74) is 1.27. The van der Waals surface area contributed by atoms with Crippen molar-refractivity contribution in [2.75, 3.05) is 19.7 Å². The minimum absolute atomic E-state index is 0.125. The Bertz CT molecular complexity index is 1330. The maximum atomic E-state index is 14.5. The second kappa shape index (κ2) is 8.09. The predicted octanol–water partition coefficient (Wildman–Crippen LogP) is 3.73. The van der Waals surface area contributed by atoms with Crippen molar-refractivity contribution in [2.24, 2.45) is 10.4 Å². The molecule has 6 rings (SSSR count). The number of aromatic nitrogens is 2. The standard InChI is InChI=1S/C27H26F2N4O3/c1-26(2)17-8-9-27(26,22-14-33(10-11-36-22)25(35)20-7-6-15(34)13-30-20)24-16(17)12-21(31-32-24)23-18(28)4-3-5-19(23)29/h3-5,7,12-13,17,22H,6,8-11,14H2,1-2H3/t17-,22+,27-/m0/s1. The van der Waals surface area contributed by atoms with Gasteiger partial charge >= 0.3 is 0 Å². The van der Waals surface area contributed by atoms with Crippen molar-refractivity contribution < 1.29 is 23.1 Å². The van der Waals surface area contributed by atoms with Crippen LogP contribution < -0.4 is 0 Å². The molecule has 1 amide bonds. The van der Waals surface area contributed by atoms with E-state index in [2.05, 4.69) is 29.0 Å². The maximum Gasteiger partial charge on any atom is 0.272 e. The smallest absolute Gasteiger partial charge is 0.272 e. The Balaban J connectivity index is 1.36. The van der Waals surface area contributed by atoms with Gasteiger partial charge in [0.2, 0.25) is 0 Å². The molecule has 4 aliphatic rings. The number of ether oxygens (including phenoxy) is 1. The van der Waals surface area contributed by atoms with Crippen LogP contribution in [0.5, 0.6) is 0 Å². The molecule has 2 bridgehead atoms. The van der Waals surface area contributed by atoms with Gasteiger partial charge in [-0.15, -0.1) is 0 Å². The third-order valence-electron chi connectivity index (χ3n) is 8.66. The molecular formula is C27H26F2N4O3. The summed E-state index contributed by atoms with van der Waals surface area (Å²) >= 11 is 0. The number of hydrogen-bond donors (Lipinski definition) is 0. The summed E-state index contributed by atoms with van der Waals surface area (Å²) < 4.78 is 35.3. The van der Waals surface area contributed by atoms with Gasteiger partial charge < -0.3 is 9.64 Å². The number of allylic oxidation sites excluding steroid dienone is 1. The van der Waals surface area contributed by atoms with E-state index in [1.165, 1.54) is 24.4 Å². The third-order valence-corrected chi connectivity index (χ3v) is 8.66. The van der Waals surface area contributed by atoms with Gasteiger partial charge in [-0.1, -0.05) is 19.9 Å². The summed E-state index contributed by atoms with van der Waals surface area (Å²) in [5, 5.41) is 8.85. The lowest BCUT2D eigenvalue weighted by Crippen LogP contribution is -2.57. The zero-order chi connectivity index (χ0) is 25.2. The molecule has 9 heteroatoms. The average molecular weight is 493 g/mol. The molecule has 2 aromatic rings. The lowest BCUT2D eigenvalue weighted by Gasteiger charge is -2.47. The monoisotopic (exact) mass is 492 g/mol. The number of halogens is 2. The molecule has 0 radical (unpaired) electrons. The van der Waals surface area contributed by atoms with Gasteiger partial charge in [-0.2, -0.15) is 10.2 Å². The van der Waals surface area contributed by atoms with Gasteiger partial charge in [0.15, 0.2) is 5.78 Å². The average Bonchev–Trinajstić information content (AvgIpc) is 3.25. The van der Waals surface area contributed by atoms with E-state index in [9.17, 15) is 18.4 Å². The largest absolute Gasteiger partial charge is 0.374 e. The van der Waals surface area contributed by atoms with Gasteiger partial charge in [0.25, 0.3) is 5.91 Å². The first kappa shape index (κ1) is 23.1. The number of morpholine rings is 1. The Labute approximate surface area is 207 Å². The molecule has 7 nitrogen and oxygen atoms in total. The number of rotatable bonds is 3. The topological polar surface area (TPSA) is 84.8 Å². The van der Waals surface area contributed by atoms with Gasteiger partial charge in [0.1, 0.15) is 17.3 Å². The van der Waals surface area contributed by atoms with Gasteiger partial charge in [-0.3, -0.25) is 9.59 Å². The summed E-state index contributed by atoms with van der Waals surface area (Å²) in [6.07, 6.45) is 4.33. The molecule has 1 saturated heterocycles. The SMILES string of the molecule is CC1(C)[C@H]2CC[C@]1([C@H]1CN(C(=O)C3=CCC(=O)C=N3)CCO1)c1nnc(-c3c(F)cccc3F)cc12. The lowest BCUT2D eigenvalue weighted by molar-refractivity contribution is -0.141. The molecular weight excluding hydrogens is 466 g/mol. The first-order valence-corrected chi connectivity index (χ1v) is 12.2. The van der Waals surface area contributed by atoms with Crippen molar-refractivity contribution >= 4 is 17.9 Å². The molecule has 2 aliphatic carbocycles.